The predicted octanol–water partition coefficient (Wildman–Crippen LogP) is 2.17. The standard InChI is InChI=1S/C16H25N3O2S/c1-13-17-12-15(22-13)16(20)19-6-3-2-4-14(19)5-7-18-8-10-21-11-9-18/h12,14H,2-11H2,1H3/t14-/m1/s1. The number of aromatic nitrogens is 1. The summed E-state index contributed by atoms with van der Waals surface area (Å²) in [6, 6.07) is 0.381. The van der Waals surface area contributed by atoms with Crippen LogP contribution < -0.4 is 0 Å². The van der Waals surface area contributed by atoms with Crippen LogP contribution in [0.15, 0.2) is 6.20 Å². The van der Waals surface area contributed by atoms with E-state index in [-0.39, 0.29) is 5.91 Å². The first-order chi connectivity index (χ1) is 10.7. The molecule has 0 aromatic carbocycles. The van der Waals surface area contributed by atoms with Crippen LogP contribution in [0.25, 0.3) is 0 Å². The molecule has 0 saturated carbocycles. The van der Waals surface area contributed by atoms with Gasteiger partial charge in [-0.15, -0.1) is 11.3 Å². The van der Waals surface area contributed by atoms with E-state index in [4.69, 9.17) is 4.74 Å². The Hall–Kier alpha value is -0.980. The number of likely N-dealkylation sites (tertiary alicyclic amines) is 1. The van der Waals surface area contributed by atoms with Gasteiger partial charge < -0.3 is 9.64 Å². The quantitative estimate of drug-likeness (QED) is 0.852. The summed E-state index contributed by atoms with van der Waals surface area (Å²) in [5.41, 5.74) is 0. The molecule has 0 spiro atoms. The van der Waals surface area contributed by atoms with Crippen LogP contribution in [0, 0.1) is 6.92 Å². The largest absolute Gasteiger partial charge is 0.379 e. The minimum atomic E-state index is 0.178. The molecule has 3 rings (SSSR count). The van der Waals surface area contributed by atoms with Crippen molar-refractivity contribution in [1.29, 1.82) is 0 Å². The summed E-state index contributed by atoms with van der Waals surface area (Å²) in [7, 11) is 0. The van der Waals surface area contributed by atoms with Gasteiger partial charge >= 0.3 is 0 Å². The zero-order valence-corrected chi connectivity index (χ0v) is 14.1. The Morgan fingerprint density at radius 2 is 2.18 bits per heavy atom. The number of ether oxygens (including phenoxy) is 1. The van der Waals surface area contributed by atoms with Crippen molar-refractivity contribution in [3.63, 3.8) is 0 Å². The molecular weight excluding hydrogens is 298 g/mol. The molecule has 1 aromatic rings. The average molecular weight is 323 g/mol. The first kappa shape index (κ1) is 15.9. The molecular formula is C16H25N3O2S. The molecule has 0 unspecified atom stereocenters. The first-order valence-corrected chi connectivity index (χ1v) is 9.09. The minimum Gasteiger partial charge on any atom is -0.379 e. The number of amides is 1. The Labute approximate surface area is 136 Å². The second-order valence-corrected chi connectivity index (χ2v) is 7.37. The fourth-order valence-corrected chi connectivity index (χ4v) is 4.06. The molecule has 0 N–H and O–H groups in total. The van der Waals surface area contributed by atoms with Crippen LogP contribution in [0.2, 0.25) is 0 Å². The highest BCUT2D eigenvalue weighted by Crippen LogP contribution is 2.24. The second-order valence-electron chi connectivity index (χ2n) is 6.13. The van der Waals surface area contributed by atoms with E-state index in [9.17, 15) is 4.79 Å². The molecule has 2 aliphatic rings. The van der Waals surface area contributed by atoms with E-state index in [1.807, 2.05) is 6.92 Å². The smallest absolute Gasteiger partial charge is 0.265 e. The summed E-state index contributed by atoms with van der Waals surface area (Å²) in [6.07, 6.45) is 6.30. The highest BCUT2D eigenvalue weighted by Gasteiger charge is 2.28. The molecule has 2 saturated heterocycles. The van der Waals surface area contributed by atoms with Crippen molar-refractivity contribution >= 4 is 17.2 Å². The van der Waals surface area contributed by atoms with E-state index < -0.39 is 0 Å². The van der Waals surface area contributed by atoms with Crippen LogP contribution in [0.1, 0.15) is 40.4 Å². The normalized spacial score (nSPS) is 23.7. The van der Waals surface area contributed by atoms with Crippen molar-refractivity contribution in [2.45, 2.75) is 38.6 Å². The molecule has 1 aromatic heterocycles. The van der Waals surface area contributed by atoms with Crippen LogP contribution in [0.4, 0.5) is 0 Å². The SMILES string of the molecule is Cc1ncc(C(=O)N2CCCC[C@@H]2CCN2CCOCC2)s1. The molecule has 6 heteroatoms. The molecule has 22 heavy (non-hydrogen) atoms. The van der Waals surface area contributed by atoms with Crippen molar-refractivity contribution in [3.05, 3.63) is 16.1 Å². The number of aryl methyl sites for hydroxylation is 1. The lowest BCUT2D eigenvalue weighted by molar-refractivity contribution is 0.0296. The van der Waals surface area contributed by atoms with Crippen LogP contribution in [-0.2, 0) is 4.74 Å². The monoisotopic (exact) mass is 323 g/mol. The van der Waals surface area contributed by atoms with E-state index in [1.54, 1.807) is 6.20 Å². The molecule has 1 atom stereocenters. The van der Waals surface area contributed by atoms with Gasteiger partial charge in [-0.1, -0.05) is 0 Å². The summed E-state index contributed by atoms with van der Waals surface area (Å²) >= 11 is 1.51. The molecule has 1 amide bonds. The Balaban J connectivity index is 1.59. The molecule has 5 nitrogen and oxygen atoms in total. The Morgan fingerprint density at radius 3 is 2.91 bits per heavy atom. The van der Waals surface area contributed by atoms with Gasteiger partial charge in [0.1, 0.15) is 4.88 Å². The van der Waals surface area contributed by atoms with E-state index >= 15 is 0 Å². The van der Waals surface area contributed by atoms with E-state index in [0.29, 0.717) is 6.04 Å². The molecule has 0 aliphatic carbocycles. The fraction of sp³-hybridized carbons (Fsp3) is 0.750. The third-order valence-electron chi connectivity index (χ3n) is 4.60. The van der Waals surface area contributed by atoms with Gasteiger partial charge in [0.25, 0.3) is 5.91 Å². The number of thiazole rings is 1. The predicted molar refractivity (Wildman–Crippen MR) is 87.4 cm³/mol. The highest BCUT2D eigenvalue weighted by molar-refractivity contribution is 7.13. The van der Waals surface area contributed by atoms with Crippen molar-refractivity contribution in [2.75, 3.05) is 39.4 Å². The van der Waals surface area contributed by atoms with Crippen molar-refractivity contribution in [2.24, 2.45) is 0 Å². The van der Waals surface area contributed by atoms with E-state index in [2.05, 4.69) is 14.8 Å². The lowest BCUT2D eigenvalue weighted by atomic mass is 9.98. The number of hydrogen-bond donors (Lipinski definition) is 0. The number of nitrogens with zero attached hydrogens (tertiary/aromatic N) is 3. The summed E-state index contributed by atoms with van der Waals surface area (Å²) in [4.78, 5) is 22.3. The number of morpholine rings is 1. The minimum absolute atomic E-state index is 0.178. The summed E-state index contributed by atoms with van der Waals surface area (Å²) < 4.78 is 5.40. The van der Waals surface area contributed by atoms with Gasteiger partial charge in [-0.05, 0) is 32.6 Å². The zero-order chi connectivity index (χ0) is 15.4. The highest BCUT2D eigenvalue weighted by atomic mass is 32.1. The van der Waals surface area contributed by atoms with E-state index in [1.165, 1.54) is 17.8 Å². The zero-order valence-electron chi connectivity index (χ0n) is 13.3. The Bertz CT molecular complexity index is 499. The summed E-state index contributed by atoms with van der Waals surface area (Å²) in [5.74, 6) is 0.178. The molecule has 2 fully saturated rings. The molecule has 3 heterocycles. The molecule has 0 radical (unpaired) electrons. The van der Waals surface area contributed by atoms with Crippen LogP contribution in [-0.4, -0.2) is 66.1 Å². The third-order valence-corrected chi connectivity index (χ3v) is 5.50. The maximum absolute atomic E-state index is 12.7. The number of rotatable bonds is 4. The van der Waals surface area contributed by atoms with Gasteiger partial charge in [-0.2, -0.15) is 0 Å². The lowest BCUT2D eigenvalue weighted by Gasteiger charge is -2.37. The van der Waals surface area contributed by atoms with Crippen LogP contribution in [0.3, 0.4) is 0 Å². The van der Waals surface area contributed by atoms with Gasteiger partial charge in [0.15, 0.2) is 0 Å². The van der Waals surface area contributed by atoms with Crippen molar-refractivity contribution in [3.8, 4) is 0 Å². The van der Waals surface area contributed by atoms with Gasteiger partial charge in [0.05, 0.1) is 24.4 Å². The van der Waals surface area contributed by atoms with Crippen LogP contribution >= 0.6 is 11.3 Å². The lowest BCUT2D eigenvalue weighted by Crippen LogP contribution is -2.46. The fourth-order valence-electron chi connectivity index (χ4n) is 3.33. The summed E-state index contributed by atoms with van der Waals surface area (Å²) in [5, 5.41) is 0.963. The first-order valence-electron chi connectivity index (χ1n) is 8.27. The van der Waals surface area contributed by atoms with Crippen LogP contribution in [0.5, 0.6) is 0 Å². The molecule has 2 aliphatic heterocycles. The van der Waals surface area contributed by atoms with E-state index in [0.717, 1.165) is 68.5 Å². The van der Waals surface area contributed by atoms with Crippen molar-refractivity contribution in [1.82, 2.24) is 14.8 Å². The number of carbonyl (C=O) groups excluding carboxylic acids is 1. The maximum Gasteiger partial charge on any atom is 0.265 e. The maximum atomic E-state index is 12.7. The Morgan fingerprint density at radius 1 is 1.36 bits per heavy atom. The molecule has 122 valence electrons. The van der Waals surface area contributed by atoms with Gasteiger partial charge in [0.2, 0.25) is 0 Å². The van der Waals surface area contributed by atoms with Gasteiger partial charge in [-0.25, -0.2) is 4.98 Å². The molecule has 0 bridgehead atoms. The number of carbonyl (C=O) groups is 1. The number of piperidine rings is 1. The van der Waals surface area contributed by atoms with Gasteiger partial charge in [0, 0.05) is 32.2 Å². The average Bonchev–Trinajstić information content (AvgIpc) is 3.00. The third kappa shape index (κ3) is 3.86. The second kappa shape index (κ2) is 7.53. The van der Waals surface area contributed by atoms with Crippen molar-refractivity contribution < 1.29 is 9.53 Å². The topological polar surface area (TPSA) is 45.7 Å². The number of hydrogen-bond acceptors (Lipinski definition) is 5. The Kier molecular flexibility index (Phi) is 5.44. The summed E-state index contributed by atoms with van der Waals surface area (Å²) in [6.45, 7) is 7.64. The van der Waals surface area contributed by atoms with Gasteiger partial charge in [-0.3, -0.25) is 9.69 Å².